The van der Waals surface area contributed by atoms with Gasteiger partial charge in [0.25, 0.3) is 0 Å². The molecule has 0 N–H and O–H groups in total. The molecule has 0 atom stereocenters. The second-order valence-electron chi connectivity index (χ2n) is 5.96. The number of benzene rings is 1. The van der Waals surface area contributed by atoms with Crippen LogP contribution in [0.15, 0.2) is 23.1 Å². The monoisotopic (exact) mass is 338 g/mol. The van der Waals surface area contributed by atoms with E-state index in [4.69, 9.17) is 9.47 Å². The Morgan fingerprint density at radius 1 is 1.04 bits per heavy atom. The van der Waals surface area contributed by atoms with E-state index in [1.54, 1.807) is 11.0 Å². The lowest BCUT2D eigenvalue weighted by Gasteiger charge is -2.33. The van der Waals surface area contributed by atoms with Gasteiger partial charge in [0.1, 0.15) is 13.2 Å². The summed E-state index contributed by atoms with van der Waals surface area (Å²) >= 11 is 0. The predicted molar refractivity (Wildman–Crippen MR) is 80.9 cm³/mol. The van der Waals surface area contributed by atoms with Gasteiger partial charge in [0, 0.05) is 25.2 Å². The van der Waals surface area contributed by atoms with Crippen molar-refractivity contribution in [1.29, 1.82) is 0 Å². The largest absolute Gasteiger partial charge is 0.486 e. The minimum Gasteiger partial charge on any atom is -0.486 e. The third kappa shape index (κ3) is 2.66. The molecular weight excluding hydrogens is 320 g/mol. The van der Waals surface area contributed by atoms with Crippen LogP contribution >= 0.6 is 0 Å². The van der Waals surface area contributed by atoms with Crippen LogP contribution in [-0.4, -0.2) is 62.4 Å². The van der Waals surface area contributed by atoms with E-state index < -0.39 is 10.0 Å². The number of fused-ring (bicyclic) bond motifs is 1. The van der Waals surface area contributed by atoms with Gasteiger partial charge >= 0.3 is 0 Å². The molecule has 7 nitrogen and oxygen atoms in total. The zero-order chi connectivity index (χ0) is 16.0. The highest BCUT2D eigenvalue weighted by Gasteiger charge is 2.39. The topological polar surface area (TPSA) is 76.2 Å². The van der Waals surface area contributed by atoms with Crippen molar-refractivity contribution in [3.8, 4) is 11.5 Å². The second kappa shape index (κ2) is 5.38. The number of piperazine rings is 1. The molecule has 4 rings (SSSR count). The molecule has 1 amide bonds. The predicted octanol–water partition coefficient (Wildman–Crippen LogP) is 0.453. The van der Waals surface area contributed by atoms with E-state index in [0.717, 1.165) is 12.8 Å². The average molecular weight is 338 g/mol. The summed E-state index contributed by atoms with van der Waals surface area (Å²) in [6.07, 6.45) is 2.06. The van der Waals surface area contributed by atoms with Crippen LogP contribution in [-0.2, 0) is 14.8 Å². The number of hydrogen-bond donors (Lipinski definition) is 0. The van der Waals surface area contributed by atoms with Crippen LogP contribution in [0.4, 0.5) is 0 Å². The van der Waals surface area contributed by atoms with Crippen molar-refractivity contribution in [1.82, 2.24) is 9.21 Å². The molecule has 2 aliphatic heterocycles. The van der Waals surface area contributed by atoms with E-state index in [1.807, 2.05) is 0 Å². The van der Waals surface area contributed by atoms with Gasteiger partial charge in [-0.1, -0.05) is 0 Å². The zero-order valence-corrected chi connectivity index (χ0v) is 13.4. The molecule has 3 aliphatic rings. The first-order chi connectivity index (χ1) is 11.1. The van der Waals surface area contributed by atoms with Crippen molar-refractivity contribution >= 4 is 15.9 Å². The van der Waals surface area contributed by atoms with E-state index >= 15 is 0 Å². The maximum Gasteiger partial charge on any atom is 0.243 e. The van der Waals surface area contributed by atoms with Crippen LogP contribution < -0.4 is 9.47 Å². The molecule has 2 fully saturated rings. The van der Waals surface area contributed by atoms with Gasteiger partial charge in [-0.2, -0.15) is 4.31 Å². The number of amides is 1. The Balaban J connectivity index is 1.57. The van der Waals surface area contributed by atoms with E-state index in [0.29, 0.717) is 43.8 Å². The lowest BCUT2D eigenvalue weighted by atomic mass is 10.3. The number of carbonyl (C=O) groups is 1. The summed E-state index contributed by atoms with van der Waals surface area (Å²) in [6, 6.07) is 4.90. The maximum atomic E-state index is 12.8. The van der Waals surface area contributed by atoms with E-state index in [-0.39, 0.29) is 17.3 Å². The standard InChI is InChI=1S/C15H18N2O5S/c18-15-10-16(5-6-17(15)11-1-2-11)23(19,20)12-3-4-13-14(9-12)22-8-7-21-13/h3-4,9,11H,1-2,5-8,10H2. The van der Waals surface area contributed by atoms with Crippen molar-refractivity contribution < 1.29 is 22.7 Å². The van der Waals surface area contributed by atoms with Crippen LogP contribution in [0.5, 0.6) is 11.5 Å². The molecule has 0 unspecified atom stereocenters. The van der Waals surface area contributed by atoms with Gasteiger partial charge in [0.05, 0.1) is 11.4 Å². The summed E-state index contributed by atoms with van der Waals surface area (Å²) in [7, 11) is -3.71. The minimum absolute atomic E-state index is 0.0900. The normalized spacial score (nSPS) is 22.3. The highest BCUT2D eigenvalue weighted by Crippen LogP contribution is 2.34. The smallest absolute Gasteiger partial charge is 0.243 e. The van der Waals surface area contributed by atoms with Crippen LogP contribution in [0.1, 0.15) is 12.8 Å². The molecule has 124 valence electrons. The summed E-state index contributed by atoms with van der Waals surface area (Å²) in [6.45, 7) is 1.56. The summed E-state index contributed by atoms with van der Waals surface area (Å²) in [5, 5.41) is 0. The number of ether oxygens (including phenoxy) is 2. The molecular formula is C15H18N2O5S. The van der Waals surface area contributed by atoms with Gasteiger partial charge < -0.3 is 14.4 Å². The molecule has 8 heteroatoms. The summed E-state index contributed by atoms with van der Waals surface area (Å²) in [4.78, 5) is 14.1. The lowest BCUT2D eigenvalue weighted by Crippen LogP contribution is -2.52. The SMILES string of the molecule is O=C1CN(S(=O)(=O)c2ccc3c(c2)OCCO3)CCN1C1CC1. The summed E-state index contributed by atoms with van der Waals surface area (Å²) in [5.41, 5.74) is 0. The molecule has 1 saturated carbocycles. The van der Waals surface area contributed by atoms with Crippen molar-refractivity contribution in [3.63, 3.8) is 0 Å². The second-order valence-corrected chi connectivity index (χ2v) is 7.90. The zero-order valence-electron chi connectivity index (χ0n) is 12.6. The molecule has 1 aliphatic carbocycles. The average Bonchev–Trinajstić information content (AvgIpc) is 3.39. The van der Waals surface area contributed by atoms with Gasteiger partial charge in [0.15, 0.2) is 11.5 Å². The summed E-state index contributed by atoms with van der Waals surface area (Å²) in [5.74, 6) is 0.866. The first kappa shape index (κ1) is 14.8. The Bertz CT molecular complexity index is 744. The lowest BCUT2D eigenvalue weighted by molar-refractivity contribution is -0.134. The fraction of sp³-hybridized carbons (Fsp3) is 0.533. The van der Waals surface area contributed by atoms with Gasteiger partial charge in [-0.25, -0.2) is 8.42 Å². The number of nitrogens with zero attached hydrogens (tertiary/aromatic N) is 2. The van der Waals surface area contributed by atoms with E-state index in [2.05, 4.69) is 0 Å². The first-order valence-corrected chi connectivity index (χ1v) is 9.19. The Morgan fingerprint density at radius 2 is 1.78 bits per heavy atom. The maximum absolute atomic E-state index is 12.8. The van der Waals surface area contributed by atoms with Crippen molar-refractivity contribution in [2.45, 2.75) is 23.8 Å². The van der Waals surface area contributed by atoms with Crippen LogP contribution in [0.2, 0.25) is 0 Å². The molecule has 0 bridgehead atoms. The fourth-order valence-corrected chi connectivity index (χ4v) is 4.37. The summed E-state index contributed by atoms with van der Waals surface area (Å²) < 4.78 is 37.6. The van der Waals surface area contributed by atoms with Crippen LogP contribution in [0, 0.1) is 0 Å². The highest BCUT2D eigenvalue weighted by atomic mass is 32.2. The molecule has 0 radical (unpaired) electrons. The Hall–Kier alpha value is -1.80. The Kier molecular flexibility index (Phi) is 3.46. The first-order valence-electron chi connectivity index (χ1n) is 7.75. The molecule has 0 spiro atoms. The molecule has 2 heterocycles. The van der Waals surface area contributed by atoms with Crippen molar-refractivity contribution in [3.05, 3.63) is 18.2 Å². The molecule has 0 aromatic heterocycles. The molecule has 1 aromatic carbocycles. The quantitative estimate of drug-likeness (QED) is 0.800. The molecule has 23 heavy (non-hydrogen) atoms. The van der Waals surface area contributed by atoms with Gasteiger partial charge in [-0.15, -0.1) is 0 Å². The third-order valence-corrected chi connectivity index (χ3v) is 6.20. The molecule has 1 saturated heterocycles. The molecule has 1 aromatic rings. The number of hydrogen-bond acceptors (Lipinski definition) is 5. The van der Waals surface area contributed by atoms with Crippen LogP contribution in [0.25, 0.3) is 0 Å². The van der Waals surface area contributed by atoms with Crippen molar-refractivity contribution in [2.24, 2.45) is 0 Å². The third-order valence-electron chi connectivity index (χ3n) is 4.36. The Morgan fingerprint density at radius 3 is 2.48 bits per heavy atom. The van der Waals surface area contributed by atoms with Crippen molar-refractivity contribution in [2.75, 3.05) is 32.8 Å². The van der Waals surface area contributed by atoms with E-state index in [1.165, 1.54) is 16.4 Å². The fourth-order valence-electron chi connectivity index (χ4n) is 2.98. The van der Waals surface area contributed by atoms with E-state index in [9.17, 15) is 13.2 Å². The number of rotatable bonds is 3. The van der Waals surface area contributed by atoms with Crippen LogP contribution in [0.3, 0.4) is 0 Å². The number of sulfonamides is 1. The van der Waals surface area contributed by atoms with Gasteiger partial charge in [0.2, 0.25) is 15.9 Å². The highest BCUT2D eigenvalue weighted by molar-refractivity contribution is 7.89. The van der Waals surface area contributed by atoms with Gasteiger partial charge in [-0.3, -0.25) is 4.79 Å². The minimum atomic E-state index is -3.71. The number of carbonyl (C=O) groups excluding carboxylic acids is 1. The Labute approximate surface area is 134 Å². The van der Waals surface area contributed by atoms with Gasteiger partial charge in [-0.05, 0) is 25.0 Å².